The molecule has 0 saturated heterocycles. The molecule has 0 aliphatic carbocycles. The Labute approximate surface area is 172 Å². The fourth-order valence-electron chi connectivity index (χ4n) is 3.42. The number of fused-ring (bicyclic) bond motifs is 1. The molecule has 0 aliphatic heterocycles. The highest BCUT2D eigenvalue weighted by atomic mass is 19.2. The van der Waals surface area contributed by atoms with E-state index in [9.17, 15) is 18.4 Å². The van der Waals surface area contributed by atoms with E-state index < -0.39 is 29.3 Å². The van der Waals surface area contributed by atoms with Gasteiger partial charge in [-0.1, -0.05) is 24.3 Å². The zero-order chi connectivity index (χ0) is 22.2. The van der Waals surface area contributed by atoms with Gasteiger partial charge in [-0.15, -0.1) is 0 Å². The minimum atomic E-state index is -1.26. The molecule has 2 aromatic carbocycles. The number of methoxy groups -OCH3 is 1. The summed E-state index contributed by atoms with van der Waals surface area (Å²) in [5.74, 6) is -2.74. The van der Waals surface area contributed by atoms with Crippen molar-refractivity contribution in [1.82, 2.24) is 4.57 Å². The quantitative estimate of drug-likeness (QED) is 0.588. The molecule has 0 bridgehead atoms. The number of hydrogen-bond donors (Lipinski definition) is 0. The van der Waals surface area contributed by atoms with E-state index in [4.69, 9.17) is 9.47 Å². The van der Waals surface area contributed by atoms with E-state index in [0.717, 1.165) is 12.1 Å². The van der Waals surface area contributed by atoms with Gasteiger partial charge in [0.25, 0.3) is 5.56 Å². The first-order valence-electron chi connectivity index (χ1n) is 9.38. The van der Waals surface area contributed by atoms with Gasteiger partial charge < -0.3 is 14.0 Å². The summed E-state index contributed by atoms with van der Waals surface area (Å²) in [6.07, 6.45) is -1.26. The van der Waals surface area contributed by atoms with Crippen LogP contribution < -0.4 is 5.56 Å². The van der Waals surface area contributed by atoms with Crippen LogP contribution >= 0.6 is 0 Å². The van der Waals surface area contributed by atoms with Gasteiger partial charge in [-0.3, -0.25) is 4.79 Å². The Balaban J connectivity index is 2.48. The molecule has 3 rings (SSSR count). The minimum Gasteiger partial charge on any atom is -0.467 e. The average Bonchev–Trinajstić information content (AvgIpc) is 2.70. The second-order valence-electron chi connectivity index (χ2n) is 7.93. The van der Waals surface area contributed by atoms with Crippen LogP contribution in [0.3, 0.4) is 0 Å². The third-order valence-corrected chi connectivity index (χ3v) is 4.69. The lowest BCUT2D eigenvalue weighted by atomic mass is 9.94. The number of hydrogen-bond acceptors (Lipinski definition) is 4. The minimum absolute atomic E-state index is 0.200. The summed E-state index contributed by atoms with van der Waals surface area (Å²) in [7, 11) is 2.73. The Morgan fingerprint density at radius 2 is 1.67 bits per heavy atom. The Morgan fingerprint density at radius 3 is 2.23 bits per heavy atom. The number of esters is 1. The summed E-state index contributed by atoms with van der Waals surface area (Å²) >= 11 is 0. The van der Waals surface area contributed by atoms with Crippen LogP contribution in [0.2, 0.25) is 0 Å². The summed E-state index contributed by atoms with van der Waals surface area (Å²) in [6.45, 7) is 5.29. The fraction of sp³-hybridized carbons (Fsp3) is 0.304. The number of halogens is 2. The maximum atomic E-state index is 14.1. The van der Waals surface area contributed by atoms with Crippen molar-refractivity contribution in [3.8, 4) is 11.1 Å². The smallest absolute Gasteiger partial charge is 0.341 e. The van der Waals surface area contributed by atoms with Crippen LogP contribution in [0.1, 0.15) is 32.6 Å². The van der Waals surface area contributed by atoms with Crippen LogP contribution in [0, 0.1) is 11.6 Å². The Morgan fingerprint density at radius 1 is 1.03 bits per heavy atom. The van der Waals surface area contributed by atoms with Gasteiger partial charge in [0.2, 0.25) is 0 Å². The van der Waals surface area contributed by atoms with Crippen LogP contribution in [-0.2, 0) is 21.3 Å². The van der Waals surface area contributed by atoms with Gasteiger partial charge in [-0.05, 0) is 49.9 Å². The molecule has 0 aliphatic rings. The number of rotatable bonds is 4. The zero-order valence-corrected chi connectivity index (χ0v) is 17.5. The molecular weight excluding hydrogens is 392 g/mol. The molecule has 0 saturated carbocycles. The first-order valence-corrected chi connectivity index (χ1v) is 9.38. The second-order valence-corrected chi connectivity index (χ2v) is 7.93. The van der Waals surface area contributed by atoms with Crippen molar-refractivity contribution < 1.29 is 23.0 Å². The third kappa shape index (κ3) is 3.98. The number of carbonyl (C=O) groups excluding carboxylic acids is 1. The highest BCUT2D eigenvalue weighted by molar-refractivity contribution is 5.99. The van der Waals surface area contributed by atoms with Crippen molar-refractivity contribution in [3.05, 3.63) is 70.1 Å². The Kier molecular flexibility index (Phi) is 5.76. The van der Waals surface area contributed by atoms with Gasteiger partial charge in [0, 0.05) is 18.0 Å². The van der Waals surface area contributed by atoms with E-state index in [0.29, 0.717) is 21.9 Å². The van der Waals surface area contributed by atoms with Crippen LogP contribution in [0.15, 0.2) is 47.3 Å². The lowest BCUT2D eigenvalue weighted by molar-refractivity contribution is -0.165. The predicted molar refractivity (Wildman–Crippen MR) is 110 cm³/mol. The standard InChI is InChI=1S/C23H23F2NO4/c1-23(2,3)30-20(22(28)29-5)19-18(13-10-11-16(24)17(25)12-13)14-8-6-7-9-15(14)21(27)26(19)4/h6-12,20H,1-5H3. The first-order chi connectivity index (χ1) is 14.0. The van der Waals surface area contributed by atoms with Crippen LogP contribution in [-0.4, -0.2) is 23.2 Å². The van der Waals surface area contributed by atoms with Crippen molar-refractivity contribution in [2.45, 2.75) is 32.5 Å². The van der Waals surface area contributed by atoms with E-state index in [1.54, 1.807) is 45.0 Å². The topological polar surface area (TPSA) is 57.5 Å². The summed E-state index contributed by atoms with van der Waals surface area (Å²) in [5, 5.41) is 0.871. The maximum Gasteiger partial charge on any atom is 0.341 e. The van der Waals surface area contributed by atoms with E-state index in [1.165, 1.54) is 24.8 Å². The summed E-state index contributed by atoms with van der Waals surface area (Å²) in [5.41, 5.74) is -0.204. The number of pyridine rings is 1. The molecule has 3 aromatic rings. The van der Waals surface area contributed by atoms with Crippen LogP contribution in [0.4, 0.5) is 8.78 Å². The molecule has 0 amide bonds. The molecule has 1 atom stereocenters. The molecule has 0 radical (unpaired) electrons. The molecular formula is C23H23F2NO4. The lowest BCUT2D eigenvalue weighted by Crippen LogP contribution is -2.33. The highest BCUT2D eigenvalue weighted by Gasteiger charge is 2.33. The monoisotopic (exact) mass is 415 g/mol. The van der Waals surface area contributed by atoms with E-state index >= 15 is 0 Å². The fourth-order valence-corrected chi connectivity index (χ4v) is 3.42. The zero-order valence-electron chi connectivity index (χ0n) is 17.5. The summed E-state index contributed by atoms with van der Waals surface area (Å²) in [6, 6.07) is 10.2. The number of ether oxygens (including phenoxy) is 2. The summed E-state index contributed by atoms with van der Waals surface area (Å²) < 4.78 is 39.9. The van der Waals surface area contributed by atoms with Crippen molar-refractivity contribution >= 4 is 16.7 Å². The van der Waals surface area contributed by atoms with Gasteiger partial charge in [-0.25, -0.2) is 13.6 Å². The SMILES string of the molecule is COC(=O)C(OC(C)(C)C)c1c(-c2ccc(F)c(F)c2)c2ccccc2c(=O)n1C. The van der Waals surface area contributed by atoms with E-state index in [2.05, 4.69) is 0 Å². The van der Waals surface area contributed by atoms with Crippen molar-refractivity contribution in [1.29, 1.82) is 0 Å². The largest absolute Gasteiger partial charge is 0.467 e. The molecule has 5 nitrogen and oxygen atoms in total. The number of carbonyl (C=O) groups is 1. The van der Waals surface area contributed by atoms with Crippen molar-refractivity contribution in [3.63, 3.8) is 0 Å². The second kappa shape index (κ2) is 7.99. The summed E-state index contributed by atoms with van der Waals surface area (Å²) in [4.78, 5) is 25.8. The number of nitrogens with zero attached hydrogens (tertiary/aromatic N) is 1. The lowest BCUT2D eigenvalue weighted by Gasteiger charge is -2.29. The molecule has 158 valence electrons. The molecule has 1 unspecified atom stereocenters. The van der Waals surface area contributed by atoms with Crippen LogP contribution in [0.25, 0.3) is 21.9 Å². The van der Waals surface area contributed by atoms with E-state index in [-0.39, 0.29) is 11.3 Å². The van der Waals surface area contributed by atoms with Crippen molar-refractivity contribution in [2.75, 3.05) is 7.11 Å². The first kappa shape index (κ1) is 21.6. The van der Waals surface area contributed by atoms with Gasteiger partial charge >= 0.3 is 5.97 Å². The number of aromatic nitrogens is 1. The molecule has 30 heavy (non-hydrogen) atoms. The van der Waals surface area contributed by atoms with E-state index in [1.807, 2.05) is 0 Å². The van der Waals surface area contributed by atoms with Gasteiger partial charge in [0.05, 0.1) is 18.4 Å². The molecule has 0 spiro atoms. The molecule has 0 fully saturated rings. The maximum absolute atomic E-state index is 14.1. The number of benzene rings is 2. The third-order valence-electron chi connectivity index (χ3n) is 4.69. The normalized spacial score (nSPS) is 12.8. The Hall–Kier alpha value is -3.06. The van der Waals surface area contributed by atoms with Gasteiger partial charge in [0.1, 0.15) is 0 Å². The predicted octanol–water partition coefficient (Wildman–Crippen LogP) is 4.51. The Bertz CT molecular complexity index is 1180. The molecule has 1 heterocycles. The average molecular weight is 415 g/mol. The molecule has 1 aromatic heterocycles. The van der Waals surface area contributed by atoms with Gasteiger partial charge in [0.15, 0.2) is 17.7 Å². The molecule has 0 N–H and O–H groups in total. The van der Waals surface area contributed by atoms with Crippen molar-refractivity contribution in [2.24, 2.45) is 7.05 Å². The van der Waals surface area contributed by atoms with Gasteiger partial charge in [-0.2, -0.15) is 0 Å². The molecule has 7 heteroatoms. The highest BCUT2D eigenvalue weighted by Crippen LogP contribution is 2.37. The van der Waals surface area contributed by atoms with Crippen LogP contribution in [0.5, 0.6) is 0 Å².